The molecule has 1 aliphatic rings. The van der Waals surface area contributed by atoms with Crippen LogP contribution in [0.2, 0.25) is 0 Å². The normalized spacial score (nSPS) is 24.1. The molecular formula is C10H17NO7S2. The van der Waals surface area contributed by atoms with Gasteiger partial charge in [-0.1, -0.05) is 0 Å². The number of sulfone groups is 2. The van der Waals surface area contributed by atoms with E-state index in [1.165, 1.54) is 6.92 Å². The summed E-state index contributed by atoms with van der Waals surface area (Å²) in [5, 5.41) is 7.46. The number of hydrogen-bond acceptors (Lipinski definition) is 6. The quantitative estimate of drug-likeness (QED) is 0.667. The number of rotatable bonds is 4. The molecule has 0 aromatic heterocycles. The summed E-state index contributed by atoms with van der Waals surface area (Å²) in [4.78, 5) is 23.9. The van der Waals surface area contributed by atoms with Crippen LogP contribution >= 0.6 is 0 Å². The van der Waals surface area contributed by atoms with Crippen molar-refractivity contribution >= 4 is 31.6 Å². The van der Waals surface area contributed by atoms with Crippen molar-refractivity contribution in [2.75, 3.05) is 24.3 Å². The minimum Gasteiger partial charge on any atom is -0.481 e. The molecule has 0 aromatic rings. The predicted molar refractivity (Wildman–Crippen MR) is 70.7 cm³/mol. The van der Waals surface area contributed by atoms with Crippen molar-refractivity contribution in [2.45, 2.75) is 24.6 Å². The average molecular weight is 327 g/mol. The zero-order valence-corrected chi connectivity index (χ0v) is 12.8. The summed E-state index contributed by atoms with van der Waals surface area (Å²) in [6.45, 7) is 1.03. The third-order valence-corrected chi connectivity index (χ3v) is 6.40. The maximum absolute atomic E-state index is 12.1. The fourth-order valence-corrected chi connectivity index (χ4v) is 3.99. The molecule has 0 radical (unpaired) electrons. The van der Waals surface area contributed by atoms with Crippen molar-refractivity contribution in [1.82, 2.24) is 4.90 Å². The Morgan fingerprint density at radius 1 is 1.40 bits per heavy atom. The van der Waals surface area contributed by atoms with Gasteiger partial charge >= 0.3 is 5.97 Å². The van der Waals surface area contributed by atoms with Gasteiger partial charge in [-0.05, 0) is 6.92 Å². The Hall–Kier alpha value is -1.16. The molecule has 0 aliphatic carbocycles. The van der Waals surface area contributed by atoms with Crippen LogP contribution in [0.3, 0.4) is 0 Å². The van der Waals surface area contributed by atoms with Crippen LogP contribution in [0.4, 0.5) is 0 Å². The number of carboxylic acids is 1. The molecule has 1 fully saturated rings. The summed E-state index contributed by atoms with van der Waals surface area (Å²) < 4.78 is 45.8. The Bertz CT molecular complexity index is 608. The number of carbonyl (C=O) groups excluding carboxylic acids is 1. The van der Waals surface area contributed by atoms with Gasteiger partial charge in [-0.25, -0.2) is 16.8 Å². The number of nitrogens with zero attached hydrogens (tertiary/aromatic N) is 1. The monoisotopic (exact) mass is 327 g/mol. The van der Waals surface area contributed by atoms with Crippen molar-refractivity contribution < 1.29 is 31.5 Å². The molecule has 0 spiro atoms. The Labute approximate surface area is 117 Å². The molecule has 1 amide bonds. The third kappa shape index (κ3) is 4.17. The molecule has 1 N–H and O–H groups in total. The summed E-state index contributed by atoms with van der Waals surface area (Å²) in [6.07, 6.45) is 0.379. The highest BCUT2D eigenvalue weighted by Gasteiger charge is 2.39. The minimum absolute atomic E-state index is 0.182. The maximum atomic E-state index is 12.1. The molecule has 2 unspecified atom stereocenters. The molecule has 1 rings (SSSR count). The minimum atomic E-state index is -3.62. The zero-order chi connectivity index (χ0) is 15.7. The molecule has 0 saturated carbocycles. The first-order valence-corrected chi connectivity index (χ1v) is 9.63. The second kappa shape index (κ2) is 5.68. The molecule has 0 bridgehead atoms. The summed E-state index contributed by atoms with van der Waals surface area (Å²) >= 11 is 0. The summed E-state index contributed by atoms with van der Waals surface area (Å²) in [5.74, 6) is -2.74. The van der Waals surface area contributed by atoms with E-state index in [1.54, 1.807) is 0 Å². The van der Waals surface area contributed by atoms with E-state index in [0.717, 1.165) is 11.2 Å². The zero-order valence-electron chi connectivity index (χ0n) is 11.1. The highest BCUT2D eigenvalue weighted by Crippen LogP contribution is 2.18. The van der Waals surface area contributed by atoms with Crippen LogP contribution in [0.5, 0.6) is 0 Å². The maximum Gasteiger partial charge on any atom is 0.305 e. The first kappa shape index (κ1) is 16.9. The lowest BCUT2D eigenvalue weighted by atomic mass is 10.2. The number of carboxylic acid groups (broad SMARTS) is 1. The van der Waals surface area contributed by atoms with Crippen LogP contribution in [-0.2, 0) is 29.3 Å². The number of aliphatic carboxylic acids is 1. The summed E-state index contributed by atoms with van der Waals surface area (Å²) in [7, 11) is -7.03. The highest BCUT2D eigenvalue weighted by atomic mass is 32.2. The Kier molecular flexibility index (Phi) is 4.80. The largest absolute Gasteiger partial charge is 0.481 e. The number of amides is 1. The lowest BCUT2D eigenvalue weighted by Gasteiger charge is -2.35. The van der Waals surface area contributed by atoms with E-state index in [2.05, 4.69) is 0 Å². The molecule has 1 saturated heterocycles. The Balaban J connectivity index is 3.02. The van der Waals surface area contributed by atoms with Gasteiger partial charge in [0.25, 0.3) is 0 Å². The lowest BCUT2D eigenvalue weighted by Crippen LogP contribution is -2.55. The van der Waals surface area contributed by atoms with Crippen molar-refractivity contribution in [3.8, 4) is 0 Å². The van der Waals surface area contributed by atoms with Crippen molar-refractivity contribution in [3.63, 3.8) is 0 Å². The topological polar surface area (TPSA) is 126 Å². The van der Waals surface area contributed by atoms with Gasteiger partial charge in [-0.15, -0.1) is 0 Å². The summed E-state index contributed by atoms with van der Waals surface area (Å²) in [5.41, 5.74) is 0. The first-order valence-electron chi connectivity index (χ1n) is 5.85. The second-order valence-corrected chi connectivity index (χ2v) is 9.46. The van der Waals surface area contributed by atoms with E-state index in [1.807, 2.05) is 0 Å². The molecule has 20 heavy (non-hydrogen) atoms. The molecule has 2 atom stereocenters. The van der Waals surface area contributed by atoms with Gasteiger partial charge in [0.15, 0.2) is 19.7 Å². The van der Waals surface area contributed by atoms with Crippen LogP contribution in [0.15, 0.2) is 0 Å². The summed E-state index contributed by atoms with van der Waals surface area (Å²) in [6, 6.07) is -1.03. The van der Waals surface area contributed by atoms with Crippen LogP contribution in [0.1, 0.15) is 13.3 Å². The number of carbonyl (C=O) groups is 2. The standard InChI is InChI=1S/C10H17NO7S2/c1-7(19(2,15)16)10(14)11-3-4-20(17,18)6-8(11)5-9(12)13/h7-8H,3-6H2,1-2H3,(H,12,13). The van der Waals surface area contributed by atoms with E-state index in [0.29, 0.717) is 0 Å². The van der Waals surface area contributed by atoms with E-state index >= 15 is 0 Å². The average Bonchev–Trinajstić information content (AvgIpc) is 2.24. The van der Waals surface area contributed by atoms with Gasteiger partial charge in [-0.3, -0.25) is 9.59 Å². The van der Waals surface area contributed by atoms with Crippen LogP contribution < -0.4 is 0 Å². The molecule has 1 aliphatic heterocycles. The Morgan fingerprint density at radius 2 is 1.95 bits per heavy atom. The van der Waals surface area contributed by atoms with E-state index < -0.39 is 55.0 Å². The highest BCUT2D eigenvalue weighted by molar-refractivity contribution is 7.92. The molecule has 10 heteroatoms. The van der Waals surface area contributed by atoms with Crippen LogP contribution in [0.25, 0.3) is 0 Å². The fourth-order valence-electron chi connectivity index (χ4n) is 1.96. The predicted octanol–water partition coefficient (Wildman–Crippen LogP) is -1.48. The Morgan fingerprint density at radius 3 is 2.40 bits per heavy atom. The van der Waals surface area contributed by atoms with Crippen molar-refractivity contribution in [3.05, 3.63) is 0 Å². The molecule has 8 nitrogen and oxygen atoms in total. The lowest BCUT2D eigenvalue weighted by molar-refractivity contribution is -0.140. The van der Waals surface area contributed by atoms with Gasteiger partial charge in [-0.2, -0.15) is 0 Å². The van der Waals surface area contributed by atoms with E-state index in [4.69, 9.17) is 5.11 Å². The van der Waals surface area contributed by atoms with Crippen LogP contribution in [0, 0.1) is 0 Å². The number of hydrogen-bond donors (Lipinski definition) is 1. The smallest absolute Gasteiger partial charge is 0.305 e. The van der Waals surface area contributed by atoms with Gasteiger partial charge in [0.05, 0.1) is 24.0 Å². The molecule has 1 heterocycles. The van der Waals surface area contributed by atoms with Gasteiger partial charge in [0.2, 0.25) is 5.91 Å². The fraction of sp³-hybridized carbons (Fsp3) is 0.800. The van der Waals surface area contributed by atoms with Crippen molar-refractivity contribution in [1.29, 1.82) is 0 Å². The van der Waals surface area contributed by atoms with Crippen LogP contribution in [-0.4, -0.2) is 74.3 Å². The second-order valence-electron chi connectivity index (χ2n) is 4.87. The molecule has 0 aromatic carbocycles. The van der Waals surface area contributed by atoms with Crippen molar-refractivity contribution in [2.24, 2.45) is 0 Å². The van der Waals surface area contributed by atoms with Gasteiger partial charge in [0, 0.05) is 12.8 Å². The first-order chi connectivity index (χ1) is 8.94. The van der Waals surface area contributed by atoms with E-state index in [-0.39, 0.29) is 12.3 Å². The van der Waals surface area contributed by atoms with Gasteiger partial charge in [0.1, 0.15) is 5.25 Å². The SMILES string of the molecule is CC(C(=O)N1CCS(=O)(=O)CC1CC(=O)O)S(C)(=O)=O. The molecular weight excluding hydrogens is 310 g/mol. The van der Waals surface area contributed by atoms with E-state index in [9.17, 15) is 26.4 Å². The van der Waals surface area contributed by atoms with Gasteiger partial charge < -0.3 is 10.0 Å². The molecule has 116 valence electrons. The third-order valence-electron chi connectivity index (χ3n) is 3.21.